The highest BCUT2D eigenvalue weighted by Crippen LogP contribution is 2.25. The lowest BCUT2D eigenvalue weighted by Gasteiger charge is -2.19. The molecule has 1 aromatic heterocycles. The first-order valence-corrected chi connectivity index (χ1v) is 9.44. The van der Waals surface area contributed by atoms with Crippen LogP contribution in [-0.2, 0) is 22.9 Å². The van der Waals surface area contributed by atoms with Gasteiger partial charge in [0.1, 0.15) is 0 Å². The van der Waals surface area contributed by atoms with E-state index in [4.69, 9.17) is 9.56 Å². The molecular formula is C17H20N2O4S. The first-order chi connectivity index (χ1) is 11.3. The Bertz CT molecular complexity index is 870. The van der Waals surface area contributed by atoms with E-state index in [1.807, 2.05) is 13.0 Å². The highest BCUT2D eigenvalue weighted by atomic mass is 32.2. The molecule has 1 amide bonds. The average Bonchev–Trinajstić information content (AvgIpc) is 3.04. The molecule has 0 bridgehead atoms. The summed E-state index contributed by atoms with van der Waals surface area (Å²) in [6, 6.07) is 8.54. The Kier molecular flexibility index (Phi) is 4.47. The van der Waals surface area contributed by atoms with Crippen LogP contribution in [0.5, 0.6) is 0 Å². The van der Waals surface area contributed by atoms with Gasteiger partial charge >= 0.3 is 0 Å². The Morgan fingerprint density at radius 2 is 1.88 bits per heavy atom. The maximum absolute atomic E-state index is 12.2. The molecule has 0 radical (unpaired) electrons. The molecular weight excluding hydrogens is 328 g/mol. The van der Waals surface area contributed by atoms with Crippen LogP contribution in [-0.4, -0.2) is 14.3 Å². The number of aryl methyl sites for hydroxylation is 2. The smallest absolute Gasteiger partial charge is 0.287 e. The number of carbonyl (C=O) groups excluding carboxylic acids is 1. The molecule has 3 rings (SSSR count). The van der Waals surface area contributed by atoms with Crippen LogP contribution in [0.25, 0.3) is 0 Å². The Morgan fingerprint density at radius 1 is 1.17 bits per heavy atom. The maximum Gasteiger partial charge on any atom is 0.287 e. The van der Waals surface area contributed by atoms with Crippen LogP contribution in [0.3, 0.4) is 0 Å². The number of hydrogen-bond donors (Lipinski definition) is 2. The highest BCUT2D eigenvalue weighted by molar-refractivity contribution is 7.89. The van der Waals surface area contributed by atoms with E-state index in [0.717, 1.165) is 18.4 Å². The van der Waals surface area contributed by atoms with Gasteiger partial charge in [0, 0.05) is 0 Å². The summed E-state index contributed by atoms with van der Waals surface area (Å²) in [5.41, 5.74) is 3.74. The molecule has 1 atom stereocenters. The number of primary sulfonamides is 1. The first-order valence-electron chi connectivity index (χ1n) is 7.90. The number of rotatable bonds is 4. The van der Waals surface area contributed by atoms with Crippen LogP contribution in [0.4, 0.5) is 0 Å². The molecule has 1 aliphatic carbocycles. The van der Waals surface area contributed by atoms with Crippen LogP contribution in [0.15, 0.2) is 39.8 Å². The summed E-state index contributed by atoms with van der Waals surface area (Å²) in [7, 11) is -3.95. The predicted octanol–water partition coefficient (Wildman–Crippen LogP) is 2.30. The first kappa shape index (κ1) is 16.7. The van der Waals surface area contributed by atoms with Crippen molar-refractivity contribution in [3.63, 3.8) is 0 Å². The van der Waals surface area contributed by atoms with Crippen LogP contribution < -0.4 is 10.5 Å². The van der Waals surface area contributed by atoms with E-state index >= 15 is 0 Å². The van der Waals surface area contributed by atoms with E-state index in [1.54, 1.807) is 0 Å². The summed E-state index contributed by atoms with van der Waals surface area (Å²) < 4.78 is 27.4. The molecule has 1 heterocycles. The minimum atomic E-state index is -3.95. The van der Waals surface area contributed by atoms with Crippen molar-refractivity contribution < 1.29 is 17.6 Å². The highest BCUT2D eigenvalue weighted by Gasteiger charge is 2.20. The van der Waals surface area contributed by atoms with Crippen molar-refractivity contribution >= 4 is 15.9 Å². The number of nitrogens with one attached hydrogen (secondary N) is 1. The number of benzene rings is 1. The lowest BCUT2D eigenvalue weighted by atomic mass is 9.89. The van der Waals surface area contributed by atoms with Gasteiger partial charge in [-0.05, 0) is 61.4 Å². The zero-order valence-electron chi connectivity index (χ0n) is 13.4. The fourth-order valence-corrected chi connectivity index (χ4v) is 3.43. The Labute approximate surface area is 141 Å². The molecule has 128 valence electrons. The van der Waals surface area contributed by atoms with Crippen molar-refractivity contribution in [3.05, 3.63) is 52.8 Å². The van der Waals surface area contributed by atoms with E-state index in [9.17, 15) is 13.2 Å². The topological polar surface area (TPSA) is 102 Å². The number of carbonyl (C=O) groups is 1. The second-order valence-electron chi connectivity index (χ2n) is 6.09. The fraction of sp³-hybridized carbons (Fsp3) is 0.353. The van der Waals surface area contributed by atoms with Crippen molar-refractivity contribution in [2.75, 3.05) is 0 Å². The Balaban J connectivity index is 1.73. The SMILES string of the molecule is CC(NC(=O)c1ccc(S(N)(=O)=O)o1)c1ccc2c(c1)CCCC2. The van der Waals surface area contributed by atoms with E-state index in [2.05, 4.69) is 17.4 Å². The molecule has 0 spiro atoms. The van der Waals surface area contributed by atoms with Gasteiger partial charge in [0.15, 0.2) is 5.76 Å². The third-order valence-corrected chi connectivity index (χ3v) is 5.09. The summed E-state index contributed by atoms with van der Waals surface area (Å²) in [6.07, 6.45) is 4.60. The van der Waals surface area contributed by atoms with Crippen molar-refractivity contribution in [1.82, 2.24) is 5.32 Å². The second kappa shape index (κ2) is 6.41. The van der Waals surface area contributed by atoms with Gasteiger partial charge in [-0.15, -0.1) is 0 Å². The van der Waals surface area contributed by atoms with Gasteiger partial charge in [0.25, 0.3) is 15.9 Å². The van der Waals surface area contributed by atoms with Crippen molar-refractivity contribution in [2.45, 2.75) is 43.7 Å². The van der Waals surface area contributed by atoms with Gasteiger partial charge in [-0.2, -0.15) is 0 Å². The molecule has 2 aromatic rings. The number of furan rings is 1. The van der Waals surface area contributed by atoms with E-state index in [-0.39, 0.29) is 11.8 Å². The molecule has 0 aliphatic heterocycles. The van der Waals surface area contributed by atoms with Gasteiger partial charge in [0.2, 0.25) is 5.09 Å². The molecule has 0 fully saturated rings. The second-order valence-corrected chi connectivity index (χ2v) is 7.59. The minimum Gasteiger partial charge on any atom is -0.438 e. The average molecular weight is 348 g/mol. The molecule has 7 heteroatoms. The summed E-state index contributed by atoms with van der Waals surface area (Å²) in [6.45, 7) is 1.88. The molecule has 6 nitrogen and oxygen atoms in total. The van der Waals surface area contributed by atoms with Crippen LogP contribution >= 0.6 is 0 Å². The number of sulfonamides is 1. The fourth-order valence-electron chi connectivity index (χ4n) is 2.97. The molecule has 3 N–H and O–H groups in total. The largest absolute Gasteiger partial charge is 0.438 e. The lowest BCUT2D eigenvalue weighted by molar-refractivity contribution is 0.0906. The normalized spacial score (nSPS) is 15.6. The summed E-state index contributed by atoms with van der Waals surface area (Å²) >= 11 is 0. The van der Waals surface area contributed by atoms with Crippen molar-refractivity contribution in [2.24, 2.45) is 5.14 Å². The quantitative estimate of drug-likeness (QED) is 0.885. The molecule has 0 saturated carbocycles. The lowest BCUT2D eigenvalue weighted by Crippen LogP contribution is -2.26. The standard InChI is InChI=1S/C17H20N2O4S/c1-11(13-7-6-12-4-2-3-5-14(12)10-13)19-17(20)15-8-9-16(23-15)24(18,21)22/h6-11H,2-5H2,1H3,(H,19,20)(H2,18,21,22). The number of hydrogen-bond acceptors (Lipinski definition) is 4. The summed E-state index contributed by atoms with van der Waals surface area (Å²) in [5, 5.41) is 7.37. The van der Waals surface area contributed by atoms with Crippen LogP contribution in [0.2, 0.25) is 0 Å². The van der Waals surface area contributed by atoms with E-state index in [1.165, 1.54) is 36.1 Å². The maximum atomic E-state index is 12.2. The molecule has 1 aromatic carbocycles. The third-order valence-electron chi connectivity index (χ3n) is 4.31. The summed E-state index contributed by atoms with van der Waals surface area (Å²) in [5.74, 6) is -0.557. The number of amides is 1. The van der Waals surface area contributed by atoms with Crippen molar-refractivity contribution in [3.8, 4) is 0 Å². The molecule has 24 heavy (non-hydrogen) atoms. The monoisotopic (exact) mass is 348 g/mol. The Hall–Kier alpha value is -2.12. The zero-order chi connectivity index (χ0) is 17.3. The molecule has 1 aliphatic rings. The number of fused-ring (bicyclic) bond motifs is 1. The third kappa shape index (κ3) is 3.52. The predicted molar refractivity (Wildman–Crippen MR) is 89.0 cm³/mol. The number of nitrogens with two attached hydrogens (primary N) is 1. The van der Waals surface area contributed by atoms with Crippen molar-refractivity contribution in [1.29, 1.82) is 0 Å². The van der Waals surface area contributed by atoms with Crippen LogP contribution in [0, 0.1) is 0 Å². The van der Waals surface area contributed by atoms with Gasteiger partial charge in [0.05, 0.1) is 6.04 Å². The molecule has 0 saturated heterocycles. The van der Waals surface area contributed by atoms with Gasteiger partial charge in [-0.1, -0.05) is 18.2 Å². The zero-order valence-corrected chi connectivity index (χ0v) is 14.2. The molecule has 1 unspecified atom stereocenters. The van der Waals surface area contributed by atoms with Gasteiger partial charge in [-0.3, -0.25) is 4.79 Å². The van der Waals surface area contributed by atoms with Gasteiger partial charge < -0.3 is 9.73 Å². The van der Waals surface area contributed by atoms with E-state index < -0.39 is 21.0 Å². The summed E-state index contributed by atoms with van der Waals surface area (Å²) in [4.78, 5) is 12.2. The van der Waals surface area contributed by atoms with E-state index in [0.29, 0.717) is 0 Å². The van der Waals surface area contributed by atoms with Gasteiger partial charge in [-0.25, -0.2) is 13.6 Å². The van der Waals surface area contributed by atoms with Crippen LogP contribution in [0.1, 0.15) is 53.1 Å². The Morgan fingerprint density at radius 3 is 2.54 bits per heavy atom. The minimum absolute atomic E-state index is 0.0798.